The second kappa shape index (κ2) is 18.4. The topological polar surface area (TPSA) is 149 Å². The number of benzene rings is 2. The molecule has 5 fully saturated rings. The summed E-state index contributed by atoms with van der Waals surface area (Å²) in [5.41, 5.74) is 2.01. The average Bonchev–Trinajstić information content (AvgIpc) is 3.02. The van der Waals surface area contributed by atoms with Crippen LogP contribution in [-0.4, -0.2) is 52.5 Å². The van der Waals surface area contributed by atoms with E-state index in [4.69, 9.17) is 20.0 Å². The summed E-state index contributed by atoms with van der Waals surface area (Å²) in [6.45, 7) is 4.21. The molecule has 5 aliphatic rings. The maximum Gasteiger partial charge on any atom is 0.296 e. The van der Waals surface area contributed by atoms with Gasteiger partial charge in [-0.3, -0.25) is 18.6 Å². The number of hydrogen-bond acceptors (Lipinski definition) is 9. The fourth-order valence-corrected chi connectivity index (χ4v) is 7.54. The van der Waals surface area contributed by atoms with E-state index >= 15 is 0 Å². The molecule has 5 aliphatic carbocycles. The van der Waals surface area contributed by atoms with E-state index in [0.717, 1.165) is 49.1 Å². The molecule has 1 N–H and O–H groups in total. The molecule has 0 aromatic heterocycles. The molecule has 0 atom stereocenters. The quantitative estimate of drug-likeness (QED) is 0.262. The van der Waals surface area contributed by atoms with Crippen LogP contribution in [0.5, 0.6) is 0 Å². The molecule has 260 valence electrons. The van der Waals surface area contributed by atoms with Crippen molar-refractivity contribution in [2.75, 3.05) is 13.2 Å². The molecule has 5 saturated carbocycles. The van der Waals surface area contributed by atoms with Crippen LogP contribution in [0.2, 0.25) is 0 Å². The number of carbonyl (C=O) groups is 3. The molecule has 12 heteroatoms. The van der Waals surface area contributed by atoms with E-state index in [9.17, 15) is 31.2 Å². The van der Waals surface area contributed by atoms with Crippen LogP contribution in [-0.2, 0) is 37.7 Å². The zero-order valence-electron chi connectivity index (χ0n) is 27.2. The second-order valence-corrected chi connectivity index (χ2v) is 17.2. The summed E-state index contributed by atoms with van der Waals surface area (Å²) in [7, 11) is -2.14. The van der Waals surface area contributed by atoms with Crippen molar-refractivity contribution < 1.29 is 40.5 Å². The highest BCUT2D eigenvalue weighted by Gasteiger charge is 2.38. The standard InChI is InChI=1S/C14H18O4S.C7H7ClO2S.C7H12O2.C7H10O/c1-11-2-8-14(9-3-11)19(16,17)18-10-12-4-6-13(15)7-5-12;1-6-2-4-7(5-3-6)11(8,9)10;8-5-6-1-3-7(9)4-2-6;8-7-2-1-5-3-6(7)4-5/h2-3,8-9,12H,4-7,10H2,1H3;2-5H,1H3;6,8H,1-5H2;5-6H,1-4H2. The number of halogens is 1. The lowest BCUT2D eigenvalue weighted by Crippen LogP contribution is -2.36. The SMILES string of the molecule is Cc1ccc(S(=O)(=O)Cl)cc1.Cc1ccc(S(=O)(=O)OCC2CCC(=O)CC2)cc1.O=C1CCC(CO)CC1.O=C1CCC2CC1C2. The fraction of sp³-hybridized carbons (Fsp3) is 0.571. The van der Waals surface area contributed by atoms with E-state index in [1.807, 2.05) is 13.8 Å². The molecular formula is C35H47ClO9S2. The number of aliphatic hydroxyl groups is 1. The molecule has 2 aromatic rings. The van der Waals surface area contributed by atoms with Gasteiger partial charge in [-0.1, -0.05) is 35.4 Å². The van der Waals surface area contributed by atoms with Crippen molar-refractivity contribution in [2.45, 2.75) is 101 Å². The number of hydrogen-bond donors (Lipinski definition) is 1. The van der Waals surface area contributed by atoms with Crippen molar-refractivity contribution in [2.24, 2.45) is 23.7 Å². The summed E-state index contributed by atoms with van der Waals surface area (Å²) >= 11 is 0. The lowest BCUT2D eigenvalue weighted by molar-refractivity contribution is -0.131. The van der Waals surface area contributed by atoms with Crippen LogP contribution in [0, 0.1) is 37.5 Å². The van der Waals surface area contributed by atoms with Crippen molar-refractivity contribution >= 4 is 47.2 Å². The summed E-state index contributed by atoms with van der Waals surface area (Å²) in [6, 6.07) is 13.0. The normalized spacial score (nSPS) is 21.6. The number of fused-ring (bicyclic) bond motifs is 2. The first kappa shape index (κ1) is 39.0. The van der Waals surface area contributed by atoms with Crippen molar-refractivity contribution in [1.29, 1.82) is 0 Å². The second-order valence-electron chi connectivity index (χ2n) is 13.0. The van der Waals surface area contributed by atoms with Crippen molar-refractivity contribution in [1.82, 2.24) is 0 Å². The monoisotopic (exact) mass is 710 g/mol. The third-order valence-corrected chi connectivity index (χ3v) is 11.8. The number of aryl methyl sites for hydroxylation is 2. The molecule has 0 aliphatic heterocycles. The molecule has 0 amide bonds. The van der Waals surface area contributed by atoms with Gasteiger partial charge in [-0.05, 0) is 101 Å². The largest absolute Gasteiger partial charge is 0.396 e. The Morgan fingerprint density at radius 1 is 0.681 bits per heavy atom. The molecule has 0 saturated heterocycles. The number of aliphatic hydroxyl groups excluding tert-OH is 1. The number of Topliss-reactive ketones (excluding diaryl/α,β-unsaturated/α-hetero) is 3. The minimum Gasteiger partial charge on any atom is -0.396 e. The molecule has 2 bridgehead atoms. The Morgan fingerprint density at radius 2 is 1.13 bits per heavy atom. The van der Waals surface area contributed by atoms with Gasteiger partial charge in [0.2, 0.25) is 0 Å². The highest BCUT2D eigenvalue weighted by Crippen LogP contribution is 2.43. The van der Waals surface area contributed by atoms with Crippen molar-refractivity contribution in [3.8, 4) is 0 Å². The van der Waals surface area contributed by atoms with Gasteiger partial charge in [0, 0.05) is 55.3 Å². The molecule has 2 aromatic carbocycles. The van der Waals surface area contributed by atoms with Gasteiger partial charge in [-0.25, -0.2) is 8.42 Å². The van der Waals surface area contributed by atoms with E-state index in [1.165, 1.54) is 31.4 Å². The van der Waals surface area contributed by atoms with Crippen LogP contribution >= 0.6 is 10.7 Å². The fourth-order valence-electron chi connectivity index (χ4n) is 5.79. The van der Waals surface area contributed by atoms with Crippen molar-refractivity contribution in [3.63, 3.8) is 0 Å². The van der Waals surface area contributed by atoms with Gasteiger partial charge >= 0.3 is 0 Å². The first-order valence-electron chi connectivity index (χ1n) is 16.3. The van der Waals surface area contributed by atoms with Gasteiger partial charge in [0.25, 0.3) is 19.2 Å². The van der Waals surface area contributed by atoms with Crippen LogP contribution in [0.25, 0.3) is 0 Å². The zero-order valence-corrected chi connectivity index (χ0v) is 29.6. The van der Waals surface area contributed by atoms with E-state index in [-0.39, 0.29) is 34.7 Å². The molecule has 0 spiro atoms. The van der Waals surface area contributed by atoms with E-state index in [2.05, 4.69) is 0 Å². The molecule has 47 heavy (non-hydrogen) atoms. The minimum absolute atomic E-state index is 0.143. The van der Waals surface area contributed by atoms with Gasteiger partial charge in [0.15, 0.2) is 0 Å². The van der Waals surface area contributed by atoms with E-state index in [0.29, 0.717) is 49.1 Å². The van der Waals surface area contributed by atoms with Gasteiger partial charge < -0.3 is 5.11 Å². The molecule has 0 heterocycles. The third kappa shape index (κ3) is 13.5. The van der Waals surface area contributed by atoms with Crippen molar-refractivity contribution in [3.05, 3.63) is 59.7 Å². The summed E-state index contributed by atoms with van der Waals surface area (Å²) < 4.78 is 50.4. The Bertz CT molecular complexity index is 1520. The lowest BCUT2D eigenvalue weighted by atomic mass is 9.65. The lowest BCUT2D eigenvalue weighted by Gasteiger charge is -2.39. The zero-order chi connectivity index (χ0) is 34.6. The summed E-state index contributed by atoms with van der Waals surface area (Å²) in [6.07, 6.45) is 10.2. The Balaban J connectivity index is 0.000000182. The van der Waals surface area contributed by atoms with Gasteiger partial charge in [0.1, 0.15) is 17.3 Å². The average molecular weight is 711 g/mol. The number of ketones is 3. The Hall–Kier alpha value is -2.44. The summed E-state index contributed by atoms with van der Waals surface area (Å²) in [5, 5.41) is 8.67. The highest BCUT2D eigenvalue weighted by atomic mass is 35.7. The Kier molecular flexibility index (Phi) is 15.2. The first-order chi connectivity index (χ1) is 22.2. The highest BCUT2D eigenvalue weighted by molar-refractivity contribution is 8.13. The Morgan fingerprint density at radius 3 is 1.49 bits per heavy atom. The van der Waals surface area contributed by atoms with Gasteiger partial charge in [-0.15, -0.1) is 0 Å². The first-order valence-corrected chi connectivity index (χ1v) is 20.0. The van der Waals surface area contributed by atoms with Crippen LogP contribution < -0.4 is 0 Å². The molecule has 0 unspecified atom stereocenters. The predicted octanol–water partition coefficient (Wildman–Crippen LogP) is 6.50. The maximum atomic E-state index is 12.0. The minimum atomic E-state index is -3.67. The summed E-state index contributed by atoms with van der Waals surface area (Å²) in [5.74, 6) is 3.18. The van der Waals surface area contributed by atoms with Crippen LogP contribution in [0.3, 0.4) is 0 Å². The van der Waals surface area contributed by atoms with E-state index in [1.54, 1.807) is 36.4 Å². The predicted molar refractivity (Wildman–Crippen MR) is 180 cm³/mol. The number of carbonyl (C=O) groups excluding carboxylic acids is 3. The van der Waals surface area contributed by atoms with Gasteiger partial charge in [0.05, 0.1) is 16.4 Å². The van der Waals surface area contributed by atoms with Crippen LogP contribution in [0.15, 0.2) is 58.3 Å². The van der Waals surface area contributed by atoms with E-state index < -0.39 is 19.2 Å². The van der Waals surface area contributed by atoms with Gasteiger partial charge in [-0.2, -0.15) is 8.42 Å². The van der Waals surface area contributed by atoms with Crippen LogP contribution in [0.1, 0.15) is 88.2 Å². The number of rotatable bonds is 6. The molecule has 9 nitrogen and oxygen atoms in total. The Labute approximate surface area is 284 Å². The molecule has 7 rings (SSSR count). The molecular weight excluding hydrogens is 664 g/mol. The van der Waals surface area contributed by atoms with Crippen LogP contribution in [0.4, 0.5) is 0 Å². The maximum absolute atomic E-state index is 12.0. The molecule has 0 radical (unpaired) electrons. The smallest absolute Gasteiger partial charge is 0.296 e. The summed E-state index contributed by atoms with van der Waals surface area (Å²) in [4.78, 5) is 32.9. The third-order valence-electron chi connectivity index (χ3n) is 9.14.